The molecule has 0 radical (unpaired) electrons. The van der Waals surface area contributed by atoms with Crippen LogP contribution in [0.4, 0.5) is 0 Å². The van der Waals surface area contributed by atoms with Crippen LogP contribution in [0.3, 0.4) is 0 Å². The van der Waals surface area contributed by atoms with Crippen molar-refractivity contribution in [2.75, 3.05) is 19.8 Å². The van der Waals surface area contributed by atoms with Crippen molar-refractivity contribution >= 4 is 0 Å². The second kappa shape index (κ2) is 8.15. The molecule has 0 aliphatic heterocycles. The third-order valence-corrected chi connectivity index (χ3v) is 3.86. The molecule has 0 unspecified atom stereocenters. The Morgan fingerprint density at radius 3 is 2.65 bits per heavy atom. The van der Waals surface area contributed by atoms with Crippen molar-refractivity contribution in [3.05, 3.63) is 23.8 Å². The zero-order chi connectivity index (χ0) is 14.2. The number of ether oxygens (including phenoxy) is 2. The van der Waals surface area contributed by atoms with E-state index in [0.717, 1.165) is 37.1 Å². The smallest absolute Gasteiger partial charge is 0.165 e. The van der Waals surface area contributed by atoms with Crippen molar-refractivity contribution in [1.29, 1.82) is 0 Å². The topological polar surface area (TPSA) is 30.5 Å². The molecule has 0 bridgehead atoms. The summed E-state index contributed by atoms with van der Waals surface area (Å²) in [6, 6.07) is 6.16. The first-order valence-corrected chi connectivity index (χ1v) is 7.93. The first kappa shape index (κ1) is 15.2. The summed E-state index contributed by atoms with van der Waals surface area (Å²) in [5.41, 5.74) is 1.19. The number of hydrogen-bond acceptors (Lipinski definition) is 3. The Balaban J connectivity index is 2.07. The lowest BCUT2D eigenvalue weighted by atomic mass is 10.1. The Morgan fingerprint density at radius 2 is 1.95 bits per heavy atom. The number of para-hydroxylation sites is 1. The van der Waals surface area contributed by atoms with Gasteiger partial charge in [0.15, 0.2) is 11.5 Å². The first-order chi connectivity index (χ1) is 9.85. The minimum Gasteiger partial charge on any atom is -0.490 e. The van der Waals surface area contributed by atoms with Gasteiger partial charge in [-0.3, -0.25) is 0 Å². The average Bonchev–Trinajstić information content (AvgIpc) is 2.97. The summed E-state index contributed by atoms with van der Waals surface area (Å²) >= 11 is 0. The van der Waals surface area contributed by atoms with Gasteiger partial charge in [-0.2, -0.15) is 0 Å². The van der Waals surface area contributed by atoms with Gasteiger partial charge in [0.05, 0.1) is 13.2 Å². The molecule has 0 aromatic heterocycles. The standard InChI is InChI=1S/C17H27NO2/c1-3-18-12-15-10-7-11-16(19-4-2)17(15)20-13-14-8-5-6-9-14/h7,10-11,14,18H,3-6,8-9,12-13H2,1-2H3. The molecule has 0 atom stereocenters. The fourth-order valence-corrected chi connectivity index (χ4v) is 2.77. The van der Waals surface area contributed by atoms with E-state index in [0.29, 0.717) is 6.61 Å². The number of nitrogens with one attached hydrogen (secondary N) is 1. The maximum Gasteiger partial charge on any atom is 0.165 e. The summed E-state index contributed by atoms with van der Waals surface area (Å²) in [7, 11) is 0. The molecule has 1 aromatic carbocycles. The molecule has 20 heavy (non-hydrogen) atoms. The summed E-state index contributed by atoms with van der Waals surface area (Å²) in [6.07, 6.45) is 5.31. The van der Waals surface area contributed by atoms with Crippen LogP contribution in [0.2, 0.25) is 0 Å². The van der Waals surface area contributed by atoms with Crippen LogP contribution in [0, 0.1) is 5.92 Å². The second-order valence-corrected chi connectivity index (χ2v) is 5.42. The van der Waals surface area contributed by atoms with Gasteiger partial charge in [0.1, 0.15) is 0 Å². The van der Waals surface area contributed by atoms with Crippen LogP contribution >= 0.6 is 0 Å². The summed E-state index contributed by atoms with van der Waals surface area (Å²) in [5.74, 6) is 2.53. The molecule has 0 spiro atoms. The molecule has 0 amide bonds. The molecule has 0 heterocycles. The Bertz CT molecular complexity index is 400. The molecule has 1 saturated carbocycles. The summed E-state index contributed by atoms with van der Waals surface area (Å²) in [4.78, 5) is 0. The van der Waals surface area contributed by atoms with Crippen LogP contribution in [0.15, 0.2) is 18.2 Å². The van der Waals surface area contributed by atoms with E-state index in [1.54, 1.807) is 0 Å². The molecule has 3 heteroatoms. The number of rotatable bonds is 8. The van der Waals surface area contributed by atoms with Crippen LogP contribution in [0.25, 0.3) is 0 Å². The maximum atomic E-state index is 6.14. The number of benzene rings is 1. The quantitative estimate of drug-likeness (QED) is 0.784. The zero-order valence-corrected chi connectivity index (χ0v) is 12.8. The van der Waals surface area contributed by atoms with E-state index in [4.69, 9.17) is 9.47 Å². The number of hydrogen-bond donors (Lipinski definition) is 1. The van der Waals surface area contributed by atoms with Gasteiger partial charge in [0.2, 0.25) is 0 Å². The van der Waals surface area contributed by atoms with E-state index in [2.05, 4.69) is 18.3 Å². The van der Waals surface area contributed by atoms with Crippen molar-refractivity contribution in [2.24, 2.45) is 5.92 Å². The fraction of sp³-hybridized carbons (Fsp3) is 0.647. The highest BCUT2D eigenvalue weighted by molar-refractivity contribution is 5.46. The van der Waals surface area contributed by atoms with E-state index in [1.807, 2.05) is 19.1 Å². The van der Waals surface area contributed by atoms with E-state index in [9.17, 15) is 0 Å². The molecule has 1 aromatic rings. The average molecular weight is 277 g/mol. The van der Waals surface area contributed by atoms with Gasteiger partial charge in [-0.1, -0.05) is 31.9 Å². The van der Waals surface area contributed by atoms with Gasteiger partial charge in [0.25, 0.3) is 0 Å². The minimum atomic E-state index is 0.671. The lowest BCUT2D eigenvalue weighted by molar-refractivity contribution is 0.231. The molecule has 1 aliphatic carbocycles. The molecule has 1 N–H and O–H groups in total. The van der Waals surface area contributed by atoms with Crippen molar-refractivity contribution in [3.63, 3.8) is 0 Å². The van der Waals surface area contributed by atoms with Gasteiger partial charge in [-0.15, -0.1) is 0 Å². The monoisotopic (exact) mass is 277 g/mol. The third-order valence-electron chi connectivity index (χ3n) is 3.86. The lowest BCUT2D eigenvalue weighted by Gasteiger charge is -2.18. The summed E-state index contributed by atoms with van der Waals surface area (Å²) in [6.45, 7) is 7.41. The van der Waals surface area contributed by atoms with E-state index in [-0.39, 0.29) is 0 Å². The van der Waals surface area contributed by atoms with Crippen LogP contribution in [-0.4, -0.2) is 19.8 Å². The van der Waals surface area contributed by atoms with Crippen LogP contribution in [0.5, 0.6) is 11.5 Å². The largest absolute Gasteiger partial charge is 0.490 e. The van der Waals surface area contributed by atoms with Crippen LogP contribution in [-0.2, 0) is 6.54 Å². The third kappa shape index (κ3) is 4.14. The molecule has 0 saturated heterocycles. The van der Waals surface area contributed by atoms with Gasteiger partial charge in [-0.05, 0) is 38.3 Å². The predicted octanol–water partition coefficient (Wildman–Crippen LogP) is 3.76. The highest BCUT2D eigenvalue weighted by Crippen LogP contribution is 2.33. The fourth-order valence-electron chi connectivity index (χ4n) is 2.77. The van der Waals surface area contributed by atoms with Crippen molar-refractivity contribution < 1.29 is 9.47 Å². The molecule has 1 aliphatic rings. The molecule has 3 nitrogen and oxygen atoms in total. The van der Waals surface area contributed by atoms with Gasteiger partial charge < -0.3 is 14.8 Å². The highest BCUT2D eigenvalue weighted by Gasteiger charge is 2.18. The van der Waals surface area contributed by atoms with Gasteiger partial charge >= 0.3 is 0 Å². The van der Waals surface area contributed by atoms with Crippen molar-refractivity contribution in [3.8, 4) is 11.5 Å². The SMILES string of the molecule is CCNCc1cccc(OCC)c1OCC1CCCC1. The summed E-state index contributed by atoms with van der Waals surface area (Å²) in [5, 5.41) is 3.37. The second-order valence-electron chi connectivity index (χ2n) is 5.42. The van der Waals surface area contributed by atoms with Gasteiger partial charge in [-0.25, -0.2) is 0 Å². The van der Waals surface area contributed by atoms with E-state index in [1.165, 1.54) is 31.2 Å². The van der Waals surface area contributed by atoms with E-state index >= 15 is 0 Å². The predicted molar refractivity (Wildman–Crippen MR) is 82.4 cm³/mol. The Kier molecular flexibility index (Phi) is 6.19. The van der Waals surface area contributed by atoms with Crippen LogP contribution in [0.1, 0.15) is 45.1 Å². The lowest BCUT2D eigenvalue weighted by Crippen LogP contribution is -2.15. The molecular weight excluding hydrogens is 250 g/mol. The van der Waals surface area contributed by atoms with Crippen LogP contribution < -0.4 is 14.8 Å². The zero-order valence-electron chi connectivity index (χ0n) is 12.8. The van der Waals surface area contributed by atoms with Gasteiger partial charge in [0, 0.05) is 12.1 Å². The normalized spacial score (nSPS) is 15.5. The Morgan fingerprint density at radius 1 is 1.15 bits per heavy atom. The summed E-state index contributed by atoms with van der Waals surface area (Å²) < 4.78 is 11.9. The molecule has 1 fully saturated rings. The maximum absolute atomic E-state index is 6.14. The first-order valence-electron chi connectivity index (χ1n) is 7.93. The van der Waals surface area contributed by atoms with Crippen molar-refractivity contribution in [2.45, 2.75) is 46.1 Å². The Hall–Kier alpha value is -1.22. The molecule has 112 valence electrons. The van der Waals surface area contributed by atoms with E-state index < -0.39 is 0 Å². The minimum absolute atomic E-state index is 0.671. The van der Waals surface area contributed by atoms with Crippen molar-refractivity contribution in [1.82, 2.24) is 5.32 Å². The Labute approximate surface area is 122 Å². The highest BCUT2D eigenvalue weighted by atomic mass is 16.5. The molecule has 2 rings (SSSR count). The molecular formula is C17H27NO2.